The topological polar surface area (TPSA) is 52.6 Å². The van der Waals surface area contributed by atoms with Crippen LogP contribution in [0.15, 0.2) is 72.8 Å². The van der Waals surface area contributed by atoms with Gasteiger partial charge in [-0.3, -0.25) is 4.79 Å². The molecule has 142 valence electrons. The van der Waals surface area contributed by atoms with Crippen LogP contribution in [0.1, 0.15) is 51.6 Å². The Hall–Kier alpha value is -3.40. The third-order valence-electron chi connectivity index (χ3n) is 4.71. The summed E-state index contributed by atoms with van der Waals surface area (Å²) >= 11 is 0. The zero-order chi connectivity index (χ0) is 20.1. The van der Waals surface area contributed by atoms with Gasteiger partial charge in [-0.05, 0) is 54.4 Å². The second-order valence-corrected chi connectivity index (χ2v) is 6.59. The molecular formula is C24H22O4. The zero-order valence-corrected chi connectivity index (χ0v) is 16.1. The first-order valence-electron chi connectivity index (χ1n) is 9.05. The van der Waals surface area contributed by atoms with Crippen LogP contribution in [0.4, 0.5) is 0 Å². The average molecular weight is 374 g/mol. The molecule has 0 saturated heterocycles. The standard InChI is InChI=1S/C24H22O4/c1-16(18-7-11-22(27-3)12-8-18)19-9-13-23(14-10-19)28-24(26)21-6-4-5-20(15-21)17(2)25/h4-16H,1-3H3. The molecule has 0 N–H and O–H groups in total. The molecule has 4 nitrogen and oxygen atoms in total. The molecule has 0 fully saturated rings. The zero-order valence-electron chi connectivity index (χ0n) is 16.1. The third-order valence-corrected chi connectivity index (χ3v) is 4.71. The first kappa shape index (κ1) is 19.4. The van der Waals surface area contributed by atoms with E-state index >= 15 is 0 Å². The minimum absolute atomic E-state index is 0.0912. The first-order valence-corrected chi connectivity index (χ1v) is 9.05. The molecule has 0 aliphatic heterocycles. The second kappa shape index (κ2) is 8.53. The Bertz CT molecular complexity index is 972. The van der Waals surface area contributed by atoms with Gasteiger partial charge in [0.05, 0.1) is 12.7 Å². The van der Waals surface area contributed by atoms with Crippen molar-refractivity contribution >= 4 is 11.8 Å². The summed E-state index contributed by atoms with van der Waals surface area (Å²) in [5.41, 5.74) is 3.12. The number of Topliss-reactive ketones (excluding diaryl/α,β-unsaturated/α-hetero) is 1. The van der Waals surface area contributed by atoms with Crippen LogP contribution in [0.5, 0.6) is 11.5 Å². The summed E-state index contributed by atoms with van der Waals surface area (Å²) in [6.07, 6.45) is 0. The van der Waals surface area contributed by atoms with Gasteiger partial charge in [0, 0.05) is 11.5 Å². The van der Waals surface area contributed by atoms with Crippen molar-refractivity contribution in [3.05, 3.63) is 95.1 Å². The molecular weight excluding hydrogens is 352 g/mol. The van der Waals surface area contributed by atoms with E-state index in [0.29, 0.717) is 16.9 Å². The van der Waals surface area contributed by atoms with Gasteiger partial charge < -0.3 is 9.47 Å². The van der Waals surface area contributed by atoms with E-state index in [0.717, 1.165) is 11.3 Å². The van der Waals surface area contributed by atoms with Gasteiger partial charge in [0.25, 0.3) is 0 Å². The summed E-state index contributed by atoms with van der Waals surface area (Å²) in [7, 11) is 1.65. The van der Waals surface area contributed by atoms with Crippen LogP contribution in [0.2, 0.25) is 0 Å². The SMILES string of the molecule is COc1ccc(C(C)c2ccc(OC(=O)c3cccc(C(C)=O)c3)cc2)cc1. The van der Waals surface area contributed by atoms with E-state index in [4.69, 9.17) is 9.47 Å². The Morgan fingerprint density at radius 2 is 1.32 bits per heavy atom. The van der Waals surface area contributed by atoms with Gasteiger partial charge in [-0.15, -0.1) is 0 Å². The van der Waals surface area contributed by atoms with Gasteiger partial charge in [0.1, 0.15) is 11.5 Å². The largest absolute Gasteiger partial charge is 0.497 e. The summed E-state index contributed by atoms with van der Waals surface area (Å²) in [6, 6.07) is 21.9. The molecule has 0 spiro atoms. The summed E-state index contributed by atoms with van der Waals surface area (Å²) in [5, 5.41) is 0. The summed E-state index contributed by atoms with van der Waals surface area (Å²) < 4.78 is 10.6. The van der Waals surface area contributed by atoms with E-state index in [9.17, 15) is 9.59 Å². The van der Waals surface area contributed by atoms with Gasteiger partial charge >= 0.3 is 5.97 Å². The molecule has 3 aromatic carbocycles. The fourth-order valence-corrected chi connectivity index (χ4v) is 2.94. The lowest BCUT2D eigenvalue weighted by atomic mass is 9.93. The summed E-state index contributed by atoms with van der Waals surface area (Å²) in [6.45, 7) is 3.59. The van der Waals surface area contributed by atoms with Crippen molar-refractivity contribution < 1.29 is 19.1 Å². The fourth-order valence-electron chi connectivity index (χ4n) is 2.94. The minimum atomic E-state index is -0.487. The van der Waals surface area contributed by atoms with Crippen molar-refractivity contribution in [2.24, 2.45) is 0 Å². The average Bonchev–Trinajstić information content (AvgIpc) is 2.74. The number of rotatable bonds is 6. The maximum Gasteiger partial charge on any atom is 0.343 e. The molecule has 4 heteroatoms. The molecule has 3 aromatic rings. The Labute approximate surface area is 164 Å². The molecule has 28 heavy (non-hydrogen) atoms. The van der Waals surface area contributed by atoms with E-state index < -0.39 is 5.97 Å². The van der Waals surface area contributed by atoms with Crippen LogP contribution in [0.3, 0.4) is 0 Å². The highest BCUT2D eigenvalue weighted by Gasteiger charge is 2.12. The lowest BCUT2D eigenvalue weighted by Gasteiger charge is -2.14. The van der Waals surface area contributed by atoms with Crippen molar-refractivity contribution in [2.45, 2.75) is 19.8 Å². The summed E-state index contributed by atoms with van der Waals surface area (Å²) in [5.74, 6) is 0.907. The Morgan fingerprint density at radius 3 is 1.86 bits per heavy atom. The molecule has 0 bridgehead atoms. The number of benzene rings is 3. The number of carbonyl (C=O) groups excluding carboxylic acids is 2. The quantitative estimate of drug-likeness (QED) is 0.335. The number of ether oxygens (including phenoxy) is 2. The fraction of sp³-hybridized carbons (Fsp3) is 0.167. The molecule has 0 saturated carbocycles. The maximum atomic E-state index is 12.3. The van der Waals surface area contributed by atoms with E-state index in [1.807, 2.05) is 36.4 Å². The number of carbonyl (C=O) groups is 2. The minimum Gasteiger partial charge on any atom is -0.497 e. The lowest BCUT2D eigenvalue weighted by molar-refractivity contribution is 0.0734. The highest BCUT2D eigenvalue weighted by atomic mass is 16.5. The highest BCUT2D eigenvalue weighted by Crippen LogP contribution is 2.27. The molecule has 0 radical (unpaired) electrons. The van der Waals surface area contributed by atoms with Gasteiger partial charge in [0.15, 0.2) is 5.78 Å². The first-order chi connectivity index (χ1) is 13.5. The number of esters is 1. The lowest BCUT2D eigenvalue weighted by Crippen LogP contribution is -2.09. The van der Waals surface area contributed by atoms with Crippen molar-refractivity contribution in [3.8, 4) is 11.5 Å². The van der Waals surface area contributed by atoms with Gasteiger partial charge in [-0.25, -0.2) is 4.79 Å². The van der Waals surface area contributed by atoms with Crippen LogP contribution < -0.4 is 9.47 Å². The number of methoxy groups -OCH3 is 1. The van der Waals surface area contributed by atoms with Crippen molar-refractivity contribution in [1.29, 1.82) is 0 Å². The predicted octanol–water partition coefficient (Wildman–Crippen LogP) is 5.27. The van der Waals surface area contributed by atoms with Crippen LogP contribution in [0, 0.1) is 0 Å². The smallest absolute Gasteiger partial charge is 0.343 e. The van der Waals surface area contributed by atoms with E-state index in [2.05, 4.69) is 6.92 Å². The van der Waals surface area contributed by atoms with Crippen LogP contribution in [-0.4, -0.2) is 18.9 Å². The maximum absolute atomic E-state index is 12.3. The van der Waals surface area contributed by atoms with E-state index in [-0.39, 0.29) is 11.7 Å². The molecule has 1 atom stereocenters. The Balaban J connectivity index is 1.70. The Kier molecular flexibility index (Phi) is 5.90. The monoisotopic (exact) mass is 374 g/mol. The Morgan fingerprint density at radius 1 is 0.786 bits per heavy atom. The molecule has 3 rings (SSSR count). The second-order valence-electron chi connectivity index (χ2n) is 6.59. The van der Waals surface area contributed by atoms with Crippen molar-refractivity contribution in [1.82, 2.24) is 0 Å². The predicted molar refractivity (Wildman–Crippen MR) is 108 cm³/mol. The van der Waals surface area contributed by atoms with Crippen molar-refractivity contribution in [2.75, 3.05) is 7.11 Å². The van der Waals surface area contributed by atoms with Gasteiger partial charge in [-0.2, -0.15) is 0 Å². The molecule has 0 heterocycles. The molecule has 0 aliphatic rings. The number of ketones is 1. The molecule has 0 aromatic heterocycles. The van der Waals surface area contributed by atoms with Gasteiger partial charge in [0.2, 0.25) is 0 Å². The third kappa shape index (κ3) is 4.46. The molecule has 1 unspecified atom stereocenters. The van der Waals surface area contributed by atoms with E-state index in [1.54, 1.807) is 43.5 Å². The van der Waals surface area contributed by atoms with Crippen LogP contribution >= 0.6 is 0 Å². The van der Waals surface area contributed by atoms with Crippen LogP contribution in [-0.2, 0) is 0 Å². The highest BCUT2D eigenvalue weighted by molar-refractivity contribution is 5.98. The molecule has 0 amide bonds. The summed E-state index contributed by atoms with van der Waals surface area (Å²) in [4.78, 5) is 23.8. The number of hydrogen-bond acceptors (Lipinski definition) is 4. The normalized spacial score (nSPS) is 11.5. The van der Waals surface area contributed by atoms with E-state index in [1.165, 1.54) is 12.5 Å². The van der Waals surface area contributed by atoms with Crippen molar-refractivity contribution in [3.63, 3.8) is 0 Å². The van der Waals surface area contributed by atoms with Crippen LogP contribution in [0.25, 0.3) is 0 Å². The van der Waals surface area contributed by atoms with Gasteiger partial charge in [-0.1, -0.05) is 43.3 Å². The number of hydrogen-bond donors (Lipinski definition) is 0. The molecule has 0 aliphatic carbocycles.